The Morgan fingerprint density at radius 1 is 1.48 bits per heavy atom. The van der Waals surface area contributed by atoms with E-state index in [1.54, 1.807) is 0 Å². The maximum absolute atomic E-state index is 12.3. The lowest BCUT2D eigenvalue weighted by atomic mass is 9.96. The van der Waals surface area contributed by atoms with Crippen molar-refractivity contribution in [1.29, 1.82) is 0 Å². The van der Waals surface area contributed by atoms with E-state index in [0.29, 0.717) is 19.0 Å². The summed E-state index contributed by atoms with van der Waals surface area (Å²) in [6.45, 7) is 7.97. The minimum Gasteiger partial charge on any atom is -0.392 e. The Labute approximate surface area is 127 Å². The van der Waals surface area contributed by atoms with E-state index in [1.807, 2.05) is 24.0 Å². The molecule has 1 aromatic carbocycles. The Morgan fingerprint density at radius 2 is 2.24 bits per heavy atom. The van der Waals surface area contributed by atoms with Gasteiger partial charge >= 0.3 is 0 Å². The first-order chi connectivity index (χ1) is 10.0. The van der Waals surface area contributed by atoms with Crippen LogP contribution in [0.3, 0.4) is 0 Å². The van der Waals surface area contributed by atoms with Crippen molar-refractivity contribution >= 4 is 11.6 Å². The molecule has 1 heterocycles. The topological polar surface area (TPSA) is 52.6 Å². The number of anilines is 1. The highest BCUT2D eigenvalue weighted by Gasteiger charge is 2.25. The second-order valence-electron chi connectivity index (χ2n) is 6.08. The van der Waals surface area contributed by atoms with Crippen molar-refractivity contribution in [3.8, 4) is 0 Å². The molecule has 21 heavy (non-hydrogen) atoms. The molecule has 1 saturated heterocycles. The number of β-amino-alcohol motifs (C(OH)–C–C–N with tert-alkyl or cyclic N) is 1. The largest absolute Gasteiger partial charge is 0.392 e. The molecule has 116 valence electrons. The highest BCUT2D eigenvalue weighted by Crippen LogP contribution is 2.21. The maximum Gasteiger partial charge on any atom is 0.238 e. The molecule has 1 aliphatic rings. The van der Waals surface area contributed by atoms with Gasteiger partial charge in [0.2, 0.25) is 5.91 Å². The first kappa shape index (κ1) is 16.0. The molecule has 1 aliphatic heterocycles. The summed E-state index contributed by atoms with van der Waals surface area (Å²) in [5, 5.41) is 12.9. The fourth-order valence-electron chi connectivity index (χ4n) is 2.84. The maximum atomic E-state index is 12.3. The Kier molecular flexibility index (Phi) is 5.37. The van der Waals surface area contributed by atoms with Gasteiger partial charge < -0.3 is 10.4 Å². The standard InChI is InChI=1S/C17H26N2O2/c1-4-14-7-5-6-13(3)17(14)18-16(21)11-19-9-8-12(2)15(20)10-19/h5-7,12,15,20H,4,8-11H2,1-3H3,(H,18,21). The van der Waals surface area contributed by atoms with Gasteiger partial charge in [0, 0.05) is 12.2 Å². The van der Waals surface area contributed by atoms with E-state index in [0.717, 1.165) is 36.2 Å². The molecule has 1 fully saturated rings. The van der Waals surface area contributed by atoms with Gasteiger partial charge in [0.15, 0.2) is 0 Å². The molecule has 2 atom stereocenters. The van der Waals surface area contributed by atoms with Gasteiger partial charge in [0.25, 0.3) is 0 Å². The fourth-order valence-corrected chi connectivity index (χ4v) is 2.84. The molecule has 2 N–H and O–H groups in total. The van der Waals surface area contributed by atoms with Crippen LogP contribution in [-0.2, 0) is 11.2 Å². The summed E-state index contributed by atoms with van der Waals surface area (Å²) < 4.78 is 0. The molecular formula is C17H26N2O2. The van der Waals surface area contributed by atoms with Crippen LogP contribution in [0.5, 0.6) is 0 Å². The van der Waals surface area contributed by atoms with Gasteiger partial charge in [-0.1, -0.05) is 32.0 Å². The molecule has 0 aromatic heterocycles. The van der Waals surface area contributed by atoms with Crippen LogP contribution in [0.4, 0.5) is 5.69 Å². The predicted octanol–water partition coefficient (Wildman–Crippen LogP) is 2.20. The Morgan fingerprint density at radius 3 is 2.90 bits per heavy atom. The Balaban J connectivity index is 1.96. The second kappa shape index (κ2) is 7.05. The molecule has 4 heteroatoms. The second-order valence-corrected chi connectivity index (χ2v) is 6.08. The van der Waals surface area contributed by atoms with Crippen LogP contribution in [0.25, 0.3) is 0 Å². The Bertz CT molecular complexity index is 502. The summed E-state index contributed by atoms with van der Waals surface area (Å²) in [6.07, 6.45) is 1.52. The van der Waals surface area contributed by atoms with Gasteiger partial charge in [-0.05, 0) is 43.4 Å². The molecular weight excluding hydrogens is 264 g/mol. The van der Waals surface area contributed by atoms with E-state index in [9.17, 15) is 9.90 Å². The number of piperidine rings is 1. The summed E-state index contributed by atoms with van der Waals surface area (Å²) in [7, 11) is 0. The lowest BCUT2D eigenvalue weighted by Gasteiger charge is -2.33. The zero-order valence-electron chi connectivity index (χ0n) is 13.2. The molecule has 1 aromatic rings. The van der Waals surface area contributed by atoms with Crippen molar-refractivity contribution in [2.45, 2.75) is 39.7 Å². The van der Waals surface area contributed by atoms with E-state index in [4.69, 9.17) is 0 Å². The molecule has 2 rings (SSSR count). The van der Waals surface area contributed by atoms with Crippen molar-refractivity contribution in [2.24, 2.45) is 5.92 Å². The van der Waals surface area contributed by atoms with Crippen LogP contribution in [0.1, 0.15) is 31.4 Å². The van der Waals surface area contributed by atoms with Gasteiger partial charge in [0.1, 0.15) is 0 Å². The number of aliphatic hydroxyl groups is 1. The van der Waals surface area contributed by atoms with Crippen LogP contribution in [0.2, 0.25) is 0 Å². The molecule has 1 amide bonds. The normalized spacial score (nSPS) is 23.0. The summed E-state index contributed by atoms with van der Waals surface area (Å²) >= 11 is 0. The average molecular weight is 290 g/mol. The molecule has 0 saturated carbocycles. The van der Waals surface area contributed by atoms with E-state index >= 15 is 0 Å². The van der Waals surface area contributed by atoms with Crippen LogP contribution in [-0.4, -0.2) is 41.7 Å². The van der Waals surface area contributed by atoms with Crippen molar-refractivity contribution in [3.63, 3.8) is 0 Å². The fraction of sp³-hybridized carbons (Fsp3) is 0.588. The van der Waals surface area contributed by atoms with E-state index in [-0.39, 0.29) is 12.0 Å². The van der Waals surface area contributed by atoms with Gasteiger partial charge in [-0.15, -0.1) is 0 Å². The van der Waals surface area contributed by atoms with Crippen LogP contribution < -0.4 is 5.32 Å². The summed E-state index contributed by atoms with van der Waals surface area (Å²) in [6, 6.07) is 6.09. The number of hydrogen-bond donors (Lipinski definition) is 2. The number of rotatable bonds is 4. The number of likely N-dealkylation sites (tertiary alicyclic amines) is 1. The summed E-state index contributed by atoms with van der Waals surface area (Å²) in [4.78, 5) is 14.3. The molecule has 0 bridgehead atoms. The van der Waals surface area contributed by atoms with Crippen molar-refractivity contribution in [3.05, 3.63) is 29.3 Å². The highest BCUT2D eigenvalue weighted by molar-refractivity contribution is 5.93. The lowest BCUT2D eigenvalue weighted by Crippen LogP contribution is -2.45. The first-order valence-electron chi connectivity index (χ1n) is 7.80. The third kappa shape index (κ3) is 4.05. The van der Waals surface area contributed by atoms with Crippen LogP contribution >= 0.6 is 0 Å². The summed E-state index contributed by atoms with van der Waals surface area (Å²) in [5.74, 6) is 0.327. The molecule has 0 spiro atoms. The molecule has 0 radical (unpaired) electrons. The number of para-hydroxylation sites is 1. The number of aliphatic hydroxyl groups excluding tert-OH is 1. The van der Waals surface area contributed by atoms with Crippen LogP contribution in [0, 0.1) is 12.8 Å². The SMILES string of the molecule is CCc1cccc(C)c1NC(=O)CN1CCC(C)C(O)C1. The number of hydrogen-bond acceptors (Lipinski definition) is 3. The number of nitrogens with one attached hydrogen (secondary N) is 1. The first-order valence-corrected chi connectivity index (χ1v) is 7.80. The molecule has 2 unspecified atom stereocenters. The zero-order valence-corrected chi connectivity index (χ0v) is 13.2. The zero-order chi connectivity index (χ0) is 15.4. The number of benzene rings is 1. The third-order valence-corrected chi connectivity index (χ3v) is 4.37. The Hall–Kier alpha value is -1.39. The highest BCUT2D eigenvalue weighted by atomic mass is 16.3. The van der Waals surface area contributed by atoms with Crippen molar-refractivity contribution < 1.29 is 9.90 Å². The summed E-state index contributed by atoms with van der Waals surface area (Å²) in [5.41, 5.74) is 3.20. The number of carbonyl (C=O) groups is 1. The monoisotopic (exact) mass is 290 g/mol. The lowest BCUT2D eigenvalue weighted by molar-refractivity contribution is -0.118. The molecule has 0 aliphatic carbocycles. The quantitative estimate of drug-likeness (QED) is 0.894. The van der Waals surface area contributed by atoms with Gasteiger partial charge in [-0.2, -0.15) is 0 Å². The minimum atomic E-state index is -0.323. The van der Waals surface area contributed by atoms with Crippen LogP contribution in [0.15, 0.2) is 18.2 Å². The van der Waals surface area contributed by atoms with Gasteiger partial charge in [-0.25, -0.2) is 0 Å². The minimum absolute atomic E-state index is 0.000697. The van der Waals surface area contributed by atoms with Crippen molar-refractivity contribution in [1.82, 2.24) is 4.90 Å². The number of nitrogens with zero attached hydrogens (tertiary/aromatic N) is 1. The number of carbonyl (C=O) groups excluding carboxylic acids is 1. The smallest absolute Gasteiger partial charge is 0.238 e. The van der Waals surface area contributed by atoms with E-state index < -0.39 is 0 Å². The predicted molar refractivity (Wildman–Crippen MR) is 85.4 cm³/mol. The van der Waals surface area contributed by atoms with Gasteiger partial charge in [0.05, 0.1) is 12.6 Å². The molecule has 4 nitrogen and oxygen atoms in total. The van der Waals surface area contributed by atoms with Gasteiger partial charge in [-0.3, -0.25) is 9.69 Å². The van der Waals surface area contributed by atoms with E-state index in [1.165, 1.54) is 0 Å². The number of aryl methyl sites for hydroxylation is 2. The third-order valence-electron chi connectivity index (χ3n) is 4.37. The van der Waals surface area contributed by atoms with Crippen molar-refractivity contribution in [2.75, 3.05) is 25.0 Å². The number of amides is 1. The van der Waals surface area contributed by atoms with E-state index in [2.05, 4.69) is 25.2 Å². The average Bonchev–Trinajstić information content (AvgIpc) is 2.45.